The lowest BCUT2D eigenvalue weighted by Crippen LogP contribution is -2.30. The summed E-state index contributed by atoms with van der Waals surface area (Å²) in [6.07, 6.45) is 0. The summed E-state index contributed by atoms with van der Waals surface area (Å²) in [5.41, 5.74) is 0.452. The maximum atomic E-state index is 12.7. The Morgan fingerprint density at radius 1 is 1.24 bits per heavy atom. The minimum Gasteiger partial charge on any atom is -0.481 e. The fourth-order valence-corrected chi connectivity index (χ4v) is 3.54. The van der Waals surface area contributed by atoms with Gasteiger partial charge in [0.05, 0.1) is 16.0 Å². The predicted molar refractivity (Wildman–Crippen MR) is 92.3 cm³/mol. The van der Waals surface area contributed by atoms with Crippen molar-refractivity contribution in [2.45, 2.75) is 13.8 Å². The molecule has 0 aliphatic carbocycles. The Morgan fingerprint density at radius 3 is 2.44 bits per heavy atom. The van der Waals surface area contributed by atoms with E-state index in [1.54, 1.807) is 25.1 Å². The number of hydrogen-bond donors (Lipinski definition) is 1. The highest BCUT2D eigenvalue weighted by Gasteiger charge is 2.38. The Kier molecular flexibility index (Phi) is 4.71. The third-order valence-electron chi connectivity index (χ3n) is 4.33. The van der Waals surface area contributed by atoms with Crippen LogP contribution in [0.25, 0.3) is 5.69 Å². The number of aliphatic carboxylic acids is 1. The monoisotopic (exact) mass is 382 g/mol. The van der Waals surface area contributed by atoms with E-state index in [1.807, 2.05) is 6.92 Å². The first-order chi connectivity index (χ1) is 11.8. The highest BCUT2D eigenvalue weighted by Crippen LogP contribution is 2.29. The van der Waals surface area contributed by atoms with Gasteiger partial charge in [-0.1, -0.05) is 36.2 Å². The van der Waals surface area contributed by atoms with Crippen LogP contribution in [0.1, 0.15) is 23.4 Å². The van der Waals surface area contributed by atoms with Crippen LogP contribution < -0.4 is 0 Å². The van der Waals surface area contributed by atoms with Gasteiger partial charge in [-0.05, 0) is 25.0 Å². The molecule has 1 amide bonds. The molecule has 0 radical (unpaired) electrons. The maximum Gasteiger partial charge on any atom is 0.308 e. The number of benzene rings is 1. The van der Waals surface area contributed by atoms with Crippen molar-refractivity contribution in [2.24, 2.45) is 11.8 Å². The second-order valence-electron chi connectivity index (χ2n) is 6.10. The number of carboxylic acids is 1. The van der Waals surface area contributed by atoms with Crippen LogP contribution in [0.4, 0.5) is 0 Å². The standard InChI is InChI=1S/C16H16Cl2N4O3/c1-8-6-21(7-10(8)16(24)25)15(23)14-19-9(2)22(20-14)13-11(17)4-3-5-12(13)18/h3-5,8,10H,6-7H2,1-2H3,(H,24,25)/t8-,10-/m1/s1. The van der Waals surface area contributed by atoms with E-state index in [4.69, 9.17) is 23.2 Å². The number of nitrogens with zero attached hydrogens (tertiary/aromatic N) is 4. The predicted octanol–water partition coefficient (Wildman–Crippen LogP) is 2.68. The molecule has 9 heteroatoms. The Hall–Kier alpha value is -2.12. The molecule has 3 rings (SSSR count). The number of carbonyl (C=O) groups is 2. The second kappa shape index (κ2) is 6.65. The molecule has 1 aliphatic heterocycles. The van der Waals surface area contributed by atoms with Gasteiger partial charge in [0.25, 0.3) is 5.91 Å². The number of hydrogen-bond acceptors (Lipinski definition) is 4. The molecule has 0 spiro atoms. The van der Waals surface area contributed by atoms with Crippen LogP contribution in [0.3, 0.4) is 0 Å². The fraction of sp³-hybridized carbons (Fsp3) is 0.375. The molecule has 2 atom stereocenters. The first-order valence-electron chi connectivity index (χ1n) is 7.69. The van der Waals surface area contributed by atoms with Gasteiger partial charge < -0.3 is 10.0 Å². The van der Waals surface area contributed by atoms with E-state index in [0.717, 1.165) is 0 Å². The summed E-state index contributed by atoms with van der Waals surface area (Å²) >= 11 is 12.4. The van der Waals surface area contributed by atoms with Crippen molar-refractivity contribution >= 4 is 35.1 Å². The van der Waals surface area contributed by atoms with E-state index >= 15 is 0 Å². The van der Waals surface area contributed by atoms with Gasteiger partial charge in [-0.3, -0.25) is 9.59 Å². The highest BCUT2D eigenvalue weighted by molar-refractivity contribution is 6.37. The number of halogens is 2. The Labute approximate surface area is 154 Å². The van der Waals surface area contributed by atoms with Crippen LogP contribution in [0.15, 0.2) is 18.2 Å². The minimum absolute atomic E-state index is 0.00766. The van der Waals surface area contributed by atoms with E-state index in [0.29, 0.717) is 28.1 Å². The number of aryl methyl sites for hydroxylation is 1. The van der Waals surface area contributed by atoms with Crippen LogP contribution >= 0.6 is 23.2 Å². The molecule has 1 aliphatic rings. The number of rotatable bonds is 3. The molecular formula is C16H16Cl2N4O3. The van der Waals surface area contributed by atoms with Crippen LogP contribution in [0.2, 0.25) is 10.0 Å². The number of amides is 1. The number of aromatic nitrogens is 3. The van der Waals surface area contributed by atoms with Gasteiger partial charge in [-0.25, -0.2) is 9.67 Å². The lowest BCUT2D eigenvalue weighted by atomic mass is 9.99. The summed E-state index contributed by atoms with van der Waals surface area (Å²) < 4.78 is 1.42. The number of likely N-dealkylation sites (tertiary alicyclic amines) is 1. The van der Waals surface area contributed by atoms with E-state index in [-0.39, 0.29) is 18.3 Å². The molecular weight excluding hydrogens is 367 g/mol. The molecule has 1 aromatic carbocycles. The smallest absolute Gasteiger partial charge is 0.308 e. The van der Waals surface area contributed by atoms with Crippen molar-refractivity contribution in [3.8, 4) is 5.69 Å². The van der Waals surface area contributed by atoms with Gasteiger partial charge in [0.15, 0.2) is 0 Å². The lowest BCUT2D eigenvalue weighted by Gasteiger charge is -2.13. The van der Waals surface area contributed by atoms with E-state index in [9.17, 15) is 14.7 Å². The molecule has 1 fully saturated rings. The average molecular weight is 383 g/mol. The molecule has 1 saturated heterocycles. The molecule has 0 bridgehead atoms. The van der Waals surface area contributed by atoms with Crippen LogP contribution in [0.5, 0.6) is 0 Å². The Balaban J connectivity index is 1.91. The zero-order valence-corrected chi connectivity index (χ0v) is 15.1. The van der Waals surface area contributed by atoms with Crippen molar-refractivity contribution in [3.63, 3.8) is 0 Å². The SMILES string of the molecule is Cc1nc(C(=O)N2C[C@@H](C)[C@H](C(=O)O)C2)nn1-c1c(Cl)cccc1Cl. The molecule has 0 saturated carbocycles. The summed E-state index contributed by atoms with van der Waals surface area (Å²) in [7, 11) is 0. The number of carbonyl (C=O) groups excluding carboxylic acids is 1. The number of para-hydroxylation sites is 1. The maximum absolute atomic E-state index is 12.7. The molecule has 0 unspecified atom stereocenters. The normalized spacial score (nSPS) is 20.1. The fourth-order valence-electron chi connectivity index (χ4n) is 2.98. The van der Waals surface area contributed by atoms with E-state index in [1.165, 1.54) is 9.58 Å². The van der Waals surface area contributed by atoms with Gasteiger partial charge in [-0.15, -0.1) is 5.10 Å². The summed E-state index contributed by atoms with van der Waals surface area (Å²) in [6, 6.07) is 5.06. The second-order valence-corrected chi connectivity index (χ2v) is 6.91. The largest absolute Gasteiger partial charge is 0.481 e. The van der Waals surface area contributed by atoms with Crippen molar-refractivity contribution in [2.75, 3.05) is 13.1 Å². The zero-order valence-electron chi connectivity index (χ0n) is 13.6. The van der Waals surface area contributed by atoms with Gasteiger partial charge in [0.2, 0.25) is 5.82 Å². The molecule has 2 heterocycles. The first kappa shape index (κ1) is 17.7. The van der Waals surface area contributed by atoms with Crippen LogP contribution in [0, 0.1) is 18.8 Å². The van der Waals surface area contributed by atoms with Crippen molar-refractivity contribution in [1.82, 2.24) is 19.7 Å². The summed E-state index contributed by atoms with van der Waals surface area (Å²) in [4.78, 5) is 29.6. The van der Waals surface area contributed by atoms with Crippen LogP contribution in [-0.4, -0.2) is 49.7 Å². The lowest BCUT2D eigenvalue weighted by molar-refractivity contribution is -0.142. The quantitative estimate of drug-likeness (QED) is 0.881. The molecule has 1 aromatic heterocycles. The Bertz CT molecular complexity index is 832. The highest BCUT2D eigenvalue weighted by atomic mass is 35.5. The first-order valence-corrected chi connectivity index (χ1v) is 8.45. The molecule has 7 nitrogen and oxygen atoms in total. The van der Waals surface area contributed by atoms with E-state index in [2.05, 4.69) is 10.1 Å². The Morgan fingerprint density at radius 2 is 1.88 bits per heavy atom. The van der Waals surface area contributed by atoms with Gasteiger partial charge in [0, 0.05) is 13.1 Å². The summed E-state index contributed by atoms with van der Waals surface area (Å²) in [5.74, 6) is -1.55. The molecule has 2 aromatic rings. The minimum atomic E-state index is -0.902. The summed E-state index contributed by atoms with van der Waals surface area (Å²) in [5, 5.41) is 14.2. The average Bonchev–Trinajstić information content (AvgIpc) is 3.10. The van der Waals surface area contributed by atoms with Gasteiger partial charge in [0.1, 0.15) is 11.5 Å². The zero-order chi connectivity index (χ0) is 18.3. The topological polar surface area (TPSA) is 88.3 Å². The van der Waals surface area contributed by atoms with Crippen molar-refractivity contribution < 1.29 is 14.7 Å². The third kappa shape index (κ3) is 3.21. The molecule has 1 N–H and O–H groups in total. The number of carboxylic acid groups (broad SMARTS) is 1. The third-order valence-corrected chi connectivity index (χ3v) is 4.94. The molecule has 132 valence electrons. The molecule has 25 heavy (non-hydrogen) atoms. The van der Waals surface area contributed by atoms with Crippen molar-refractivity contribution in [1.29, 1.82) is 0 Å². The van der Waals surface area contributed by atoms with Gasteiger partial charge >= 0.3 is 5.97 Å². The van der Waals surface area contributed by atoms with Gasteiger partial charge in [-0.2, -0.15) is 0 Å². The van der Waals surface area contributed by atoms with Crippen molar-refractivity contribution in [3.05, 3.63) is 39.9 Å². The van der Waals surface area contributed by atoms with E-state index < -0.39 is 17.8 Å². The van der Waals surface area contributed by atoms with Crippen LogP contribution in [-0.2, 0) is 4.79 Å². The summed E-state index contributed by atoms with van der Waals surface area (Å²) in [6.45, 7) is 4.01.